The second-order valence-electron chi connectivity index (χ2n) is 4.02. The Bertz CT molecular complexity index is 318. The fourth-order valence-electron chi connectivity index (χ4n) is 1.95. The van der Waals surface area contributed by atoms with Crippen LogP contribution in [0.3, 0.4) is 0 Å². The molecule has 3 heteroatoms. The van der Waals surface area contributed by atoms with Gasteiger partial charge in [-0.05, 0) is 12.8 Å². The van der Waals surface area contributed by atoms with Crippen LogP contribution in [0.5, 0.6) is 0 Å². The molecule has 1 aromatic rings. The standard InChI is InChI=1S/C12H17N3.H2/c1-2-10-8-13-12(14-9-10)15-11-6-4-3-5-7-11;/h2,8-9,11H,1,3-7H2,(H,13,14,15);1H. The summed E-state index contributed by atoms with van der Waals surface area (Å²) in [7, 11) is 0. The highest BCUT2D eigenvalue weighted by atomic mass is 15.1. The summed E-state index contributed by atoms with van der Waals surface area (Å²) >= 11 is 0. The molecule has 0 bridgehead atoms. The maximum atomic E-state index is 4.25. The molecule has 0 saturated heterocycles. The number of hydrogen-bond donors (Lipinski definition) is 1. The largest absolute Gasteiger partial charge is 0.351 e. The SMILES string of the molecule is C=Cc1cnc(NC2CCCCC2)nc1.[HH]. The normalized spacial score (nSPS) is 17.3. The van der Waals surface area contributed by atoms with Crippen molar-refractivity contribution in [2.45, 2.75) is 38.1 Å². The van der Waals surface area contributed by atoms with E-state index in [0.717, 1.165) is 11.5 Å². The summed E-state index contributed by atoms with van der Waals surface area (Å²) < 4.78 is 0. The molecule has 0 spiro atoms. The molecule has 3 nitrogen and oxygen atoms in total. The van der Waals surface area contributed by atoms with Gasteiger partial charge in [-0.15, -0.1) is 0 Å². The van der Waals surface area contributed by atoms with E-state index in [2.05, 4.69) is 21.9 Å². The van der Waals surface area contributed by atoms with Crippen LogP contribution in [0.15, 0.2) is 19.0 Å². The number of nitrogens with zero attached hydrogens (tertiary/aromatic N) is 2. The number of nitrogens with one attached hydrogen (secondary N) is 1. The third kappa shape index (κ3) is 2.78. The summed E-state index contributed by atoms with van der Waals surface area (Å²) in [6.45, 7) is 3.68. The van der Waals surface area contributed by atoms with Crippen molar-refractivity contribution in [3.05, 3.63) is 24.5 Å². The van der Waals surface area contributed by atoms with Crippen LogP contribution in [-0.4, -0.2) is 16.0 Å². The molecule has 1 aliphatic rings. The highest BCUT2D eigenvalue weighted by Crippen LogP contribution is 2.19. The Kier molecular flexibility index (Phi) is 3.33. The lowest BCUT2D eigenvalue weighted by molar-refractivity contribution is 0.461. The number of aromatic nitrogens is 2. The molecule has 15 heavy (non-hydrogen) atoms. The van der Waals surface area contributed by atoms with Crippen molar-refractivity contribution in [3.63, 3.8) is 0 Å². The fraction of sp³-hybridized carbons (Fsp3) is 0.500. The number of rotatable bonds is 3. The van der Waals surface area contributed by atoms with Crippen LogP contribution in [0.4, 0.5) is 5.95 Å². The average Bonchev–Trinajstić information content (AvgIpc) is 2.31. The molecule has 82 valence electrons. The van der Waals surface area contributed by atoms with Crippen LogP contribution >= 0.6 is 0 Å². The van der Waals surface area contributed by atoms with Crippen LogP contribution in [0.25, 0.3) is 6.08 Å². The Morgan fingerprint density at radius 2 is 1.93 bits per heavy atom. The van der Waals surface area contributed by atoms with Gasteiger partial charge in [0.2, 0.25) is 5.95 Å². The van der Waals surface area contributed by atoms with Crippen LogP contribution in [0.1, 0.15) is 39.1 Å². The molecule has 1 aliphatic carbocycles. The smallest absolute Gasteiger partial charge is 0.222 e. The Morgan fingerprint density at radius 3 is 2.53 bits per heavy atom. The summed E-state index contributed by atoms with van der Waals surface area (Å²) in [5.41, 5.74) is 0.962. The molecule has 1 heterocycles. The van der Waals surface area contributed by atoms with E-state index in [0.29, 0.717) is 6.04 Å². The Balaban J connectivity index is 0.00000128. The van der Waals surface area contributed by atoms with Crippen molar-refractivity contribution in [3.8, 4) is 0 Å². The van der Waals surface area contributed by atoms with Gasteiger partial charge in [-0.25, -0.2) is 9.97 Å². The zero-order chi connectivity index (χ0) is 10.5. The highest BCUT2D eigenvalue weighted by molar-refractivity contribution is 5.44. The third-order valence-electron chi connectivity index (χ3n) is 2.85. The van der Waals surface area contributed by atoms with Gasteiger partial charge in [0.15, 0.2) is 0 Å². The van der Waals surface area contributed by atoms with E-state index in [1.807, 2.05) is 0 Å². The topological polar surface area (TPSA) is 37.8 Å². The van der Waals surface area contributed by atoms with Crippen molar-refractivity contribution >= 4 is 12.0 Å². The predicted octanol–water partition coefficient (Wildman–Crippen LogP) is 3.11. The Hall–Kier alpha value is -1.38. The minimum atomic E-state index is 0. The average molecular weight is 205 g/mol. The van der Waals surface area contributed by atoms with Crippen LogP contribution in [0, 0.1) is 0 Å². The quantitative estimate of drug-likeness (QED) is 0.824. The predicted molar refractivity (Wildman–Crippen MR) is 64.7 cm³/mol. The monoisotopic (exact) mass is 205 g/mol. The van der Waals surface area contributed by atoms with Gasteiger partial charge < -0.3 is 5.32 Å². The van der Waals surface area contributed by atoms with Crippen LogP contribution in [0.2, 0.25) is 0 Å². The molecule has 1 saturated carbocycles. The van der Waals surface area contributed by atoms with Gasteiger partial charge in [0, 0.05) is 25.4 Å². The summed E-state index contributed by atoms with van der Waals surface area (Å²) in [4.78, 5) is 8.50. The van der Waals surface area contributed by atoms with Crippen molar-refractivity contribution in [2.75, 3.05) is 5.32 Å². The molecule has 0 atom stereocenters. The van der Waals surface area contributed by atoms with E-state index in [1.165, 1.54) is 32.1 Å². The number of anilines is 1. The zero-order valence-electron chi connectivity index (χ0n) is 8.95. The first-order valence-corrected chi connectivity index (χ1v) is 5.59. The van der Waals surface area contributed by atoms with Crippen molar-refractivity contribution < 1.29 is 1.43 Å². The van der Waals surface area contributed by atoms with Crippen molar-refractivity contribution in [2.24, 2.45) is 0 Å². The first kappa shape index (κ1) is 10.1. The molecule has 0 amide bonds. The second kappa shape index (κ2) is 4.91. The van der Waals surface area contributed by atoms with E-state index < -0.39 is 0 Å². The molecule has 1 aromatic heterocycles. The van der Waals surface area contributed by atoms with Gasteiger partial charge in [-0.1, -0.05) is 31.9 Å². The molecule has 0 unspecified atom stereocenters. The summed E-state index contributed by atoms with van der Waals surface area (Å²) in [5, 5.41) is 3.38. The molecule has 1 N–H and O–H groups in total. The maximum absolute atomic E-state index is 4.25. The van der Waals surface area contributed by atoms with Crippen LogP contribution < -0.4 is 5.32 Å². The van der Waals surface area contributed by atoms with Gasteiger partial charge in [-0.3, -0.25) is 0 Å². The zero-order valence-corrected chi connectivity index (χ0v) is 8.95. The van der Waals surface area contributed by atoms with Crippen molar-refractivity contribution in [1.29, 1.82) is 0 Å². The van der Waals surface area contributed by atoms with Gasteiger partial charge in [0.05, 0.1) is 0 Å². The van der Waals surface area contributed by atoms with Crippen LogP contribution in [-0.2, 0) is 0 Å². The van der Waals surface area contributed by atoms with E-state index in [-0.39, 0.29) is 1.43 Å². The van der Waals surface area contributed by atoms with E-state index in [9.17, 15) is 0 Å². The highest BCUT2D eigenvalue weighted by Gasteiger charge is 2.13. The van der Waals surface area contributed by atoms with Gasteiger partial charge >= 0.3 is 0 Å². The van der Waals surface area contributed by atoms with Crippen molar-refractivity contribution in [1.82, 2.24) is 9.97 Å². The fourth-order valence-corrected chi connectivity index (χ4v) is 1.95. The maximum Gasteiger partial charge on any atom is 0.222 e. The molecule has 0 aromatic carbocycles. The van der Waals surface area contributed by atoms with Gasteiger partial charge in [-0.2, -0.15) is 0 Å². The molecule has 0 aliphatic heterocycles. The lowest BCUT2D eigenvalue weighted by Gasteiger charge is -2.22. The summed E-state index contributed by atoms with van der Waals surface area (Å²) in [6.07, 6.45) is 11.8. The van der Waals surface area contributed by atoms with E-state index >= 15 is 0 Å². The van der Waals surface area contributed by atoms with E-state index in [4.69, 9.17) is 0 Å². The first-order chi connectivity index (χ1) is 7.38. The second-order valence-corrected chi connectivity index (χ2v) is 4.02. The van der Waals surface area contributed by atoms with Gasteiger partial charge in [0.25, 0.3) is 0 Å². The first-order valence-electron chi connectivity index (χ1n) is 5.59. The lowest BCUT2D eigenvalue weighted by atomic mass is 9.96. The molecule has 1 fully saturated rings. The Labute approximate surface area is 92.1 Å². The van der Waals surface area contributed by atoms with E-state index in [1.54, 1.807) is 18.5 Å². The molecular weight excluding hydrogens is 186 g/mol. The van der Waals surface area contributed by atoms with Gasteiger partial charge in [0.1, 0.15) is 0 Å². The lowest BCUT2D eigenvalue weighted by Crippen LogP contribution is -2.23. The minimum Gasteiger partial charge on any atom is -0.351 e. The third-order valence-corrected chi connectivity index (χ3v) is 2.85. The molecule has 2 rings (SSSR count). The number of hydrogen-bond acceptors (Lipinski definition) is 3. The Morgan fingerprint density at radius 1 is 1.27 bits per heavy atom. The summed E-state index contributed by atoms with van der Waals surface area (Å²) in [5.74, 6) is 0.743. The molecular formula is C12H19N3. The minimum absolute atomic E-state index is 0. The summed E-state index contributed by atoms with van der Waals surface area (Å²) in [6, 6.07) is 0.563. The molecule has 0 radical (unpaired) electrons.